The van der Waals surface area contributed by atoms with E-state index in [1.54, 1.807) is 23.7 Å². The number of anilines is 1. The first-order valence-electron chi connectivity index (χ1n) is 11.7. The standard InChI is InChI=1S/C27H30N6O3/c1-6-24(34)32-14-20(12-21(32)15-36-5)33-27(29-4)25(26(28)35)22(31-33)8-7-18-11-23-19(10-17(18)3)9-16(2)13-30-23/h6,9-11,13,20-21,29H,1,12,14-15H2,2-5H3,(H2,28,35)/t20-,21+/m0/s1. The zero-order valence-electron chi connectivity index (χ0n) is 21.0. The number of amides is 2. The van der Waals surface area contributed by atoms with Crippen LogP contribution in [0.4, 0.5) is 5.82 Å². The zero-order chi connectivity index (χ0) is 26.0. The second kappa shape index (κ2) is 10.2. The largest absolute Gasteiger partial charge is 0.383 e. The Balaban J connectivity index is 1.75. The summed E-state index contributed by atoms with van der Waals surface area (Å²) in [7, 11) is 3.30. The number of carbonyl (C=O) groups excluding carboxylic acids is 2. The fourth-order valence-corrected chi connectivity index (χ4v) is 4.73. The fraction of sp³-hybridized carbons (Fsp3) is 0.333. The molecule has 0 radical (unpaired) electrons. The van der Waals surface area contributed by atoms with Gasteiger partial charge in [-0.3, -0.25) is 14.6 Å². The van der Waals surface area contributed by atoms with Crippen LogP contribution in [0, 0.1) is 25.7 Å². The molecule has 1 aromatic carbocycles. The molecule has 0 saturated carbocycles. The summed E-state index contributed by atoms with van der Waals surface area (Å²) in [6.07, 6.45) is 3.71. The van der Waals surface area contributed by atoms with Crippen molar-refractivity contribution in [2.75, 3.05) is 32.6 Å². The van der Waals surface area contributed by atoms with Crippen LogP contribution in [-0.2, 0) is 9.53 Å². The molecule has 9 heteroatoms. The first kappa shape index (κ1) is 24.9. The number of carbonyl (C=O) groups is 2. The predicted octanol–water partition coefficient (Wildman–Crippen LogP) is 2.56. The summed E-state index contributed by atoms with van der Waals surface area (Å²) in [6.45, 7) is 8.38. The number of nitrogens with one attached hydrogen (secondary N) is 1. The molecule has 1 aliphatic rings. The molecule has 0 bridgehead atoms. The van der Waals surface area contributed by atoms with Crippen LogP contribution >= 0.6 is 0 Å². The van der Waals surface area contributed by atoms with Crippen molar-refractivity contribution in [2.24, 2.45) is 5.73 Å². The summed E-state index contributed by atoms with van der Waals surface area (Å²) in [5.41, 5.74) is 9.96. The van der Waals surface area contributed by atoms with Crippen LogP contribution in [0.25, 0.3) is 10.9 Å². The van der Waals surface area contributed by atoms with Crippen molar-refractivity contribution in [1.29, 1.82) is 0 Å². The summed E-state index contributed by atoms with van der Waals surface area (Å²) < 4.78 is 7.03. The van der Waals surface area contributed by atoms with Gasteiger partial charge in [0.05, 0.1) is 24.2 Å². The second-order valence-electron chi connectivity index (χ2n) is 8.95. The van der Waals surface area contributed by atoms with E-state index < -0.39 is 5.91 Å². The third kappa shape index (κ3) is 4.68. The van der Waals surface area contributed by atoms with Crippen molar-refractivity contribution in [3.63, 3.8) is 0 Å². The van der Waals surface area contributed by atoms with Crippen LogP contribution < -0.4 is 11.1 Å². The molecule has 3 aromatic rings. The molecule has 0 spiro atoms. The summed E-state index contributed by atoms with van der Waals surface area (Å²) in [6, 6.07) is 5.73. The van der Waals surface area contributed by atoms with E-state index in [0.717, 1.165) is 27.6 Å². The van der Waals surface area contributed by atoms with Crippen LogP contribution in [-0.4, -0.2) is 64.8 Å². The number of benzene rings is 1. The van der Waals surface area contributed by atoms with E-state index in [1.807, 2.05) is 32.2 Å². The van der Waals surface area contributed by atoms with Gasteiger partial charge in [-0.1, -0.05) is 12.5 Å². The highest BCUT2D eigenvalue weighted by Gasteiger charge is 2.37. The first-order valence-corrected chi connectivity index (χ1v) is 11.7. The number of ether oxygens (including phenoxy) is 1. The molecular weight excluding hydrogens is 456 g/mol. The average Bonchev–Trinajstić information content (AvgIpc) is 3.43. The molecule has 2 amide bonds. The third-order valence-electron chi connectivity index (χ3n) is 6.43. The van der Waals surface area contributed by atoms with Gasteiger partial charge in [-0.05, 0) is 61.6 Å². The van der Waals surface area contributed by atoms with E-state index in [9.17, 15) is 9.59 Å². The maximum Gasteiger partial charge on any atom is 0.255 e. The van der Waals surface area contributed by atoms with E-state index in [2.05, 4.69) is 39.9 Å². The molecular formula is C27H30N6O3. The molecule has 36 heavy (non-hydrogen) atoms. The first-order chi connectivity index (χ1) is 17.3. The van der Waals surface area contributed by atoms with Crippen molar-refractivity contribution in [3.8, 4) is 11.8 Å². The molecule has 9 nitrogen and oxygen atoms in total. The van der Waals surface area contributed by atoms with Gasteiger partial charge in [0.1, 0.15) is 11.4 Å². The van der Waals surface area contributed by atoms with E-state index in [4.69, 9.17) is 10.5 Å². The van der Waals surface area contributed by atoms with Gasteiger partial charge in [-0.15, -0.1) is 0 Å². The zero-order valence-corrected chi connectivity index (χ0v) is 21.0. The molecule has 0 aliphatic carbocycles. The highest BCUT2D eigenvalue weighted by molar-refractivity contribution is 6.00. The number of aryl methyl sites for hydroxylation is 2. The minimum Gasteiger partial charge on any atom is -0.383 e. The molecule has 186 valence electrons. The lowest BCUT2D eigenvalue weighted by atomic mass is 10.0. The lowest BCUT2D eigenvalue weighted by Crippen LogP contribution is -2.37. The van der Waals surface area contributed by atoms with Gasteiger partial charge < -0.3 is 20.7 Å². The van der Waals surface area contributed by atoms with Crippen molar-refractivity contribution in [1.82, 2.24) is 19.7 Å². The number of primary amides is 1. The number of methoxy groups -OCH3 is 1. The number of nitrogens with zero attached hydrogens (tertiary/aromatic N) is 4. The second-order valence-corrected chi connectivity index (χ2v) is 8.95. The molecule has 0 unspecified atom stereocenters. The quantitative estimate of drug-likeness (QED) is 0.409. The number of aromatic nitrogens is 3. The molecule has 3 N–H and O–H groups in total. The molecule has 2 atom stereocenters. The Morgan fingerprint density at radius 1 is 1.31 bits per heavy atom. The number of rotatable bonds is 6. The van der Waals surface area contributed by atoms with E-state index in [1.165, 1.54) is 6.08 Å². The summed E-state index contributed by atoms with van der Waals surface area (Å²) in [5, 5.41) is 8.77. The Morgan fingerprint density at radius 3 is 2.75 bits per heavy atom. The Bertz CT molecular complexity index is 1410. The number of hydrogen-bond acceptors (Lipinski definition) is 6. The highest BCUT2D eigenvalue weighted by atomic mass is 16.5. The monoisotopic (exact) mass is 486 g/mol. The molecule has 1 fully saturated rings. The summed E-state index contributed by atoms with van der Waals surface area (Å²) in [5.74, 6) is 5.87. The van der Waals surface area contributed by atoms with Crippen LogP contribution in [0.1, 0.15) is 45.2 Å². The Labute approximate surface area is 210 Å². The van der Waals surface area contributed by atoms with Crippen molar-refractivity contribution in [2.45, 2.75) is 32.4 Å². The van der Waals surface area contributed by atoms with Gasteiger partial charge in [-0.2, -0.15) is 5.10 Å². The van der Waals surface area contributed by atoms with Gasteiger partial charge in [0.15, 0.2) is 5.69 Å². The fourth-order valence-electron chi connectivity index (χ4n) is 4.73. The van der Waals surface area contributed by atoms with Gasteiger partial charge in [0.25, 0.3) is 5.91 Å². The van der Waals surface area contributed by atoms with Crippen LogP contribution in [0.5, 0.6) is 0 Å². The van der Waals surface area contributed by atoms with Gasteiger partial charge in [0, 0.05) is 37.8 Å². The summed E-state index contributed by atoms with van der Waals surface area (Å²) in [4.78, 5) is 31.1. The number of hydrogen-bond donors (Lipinski definition) is 2. The smallest absolute Gasteiger partial charge is 0.255 e. The Hall–Kier alpha value is -4.16. The molecule has 3 heterocycles. The van der Waals surface area contributed by atoms with E-state index >= 15 is 0 Å². The van der Waals surface area contributed by atoms with Gasteiger partial charge >= 0.3 is 0 Å². The van der Waals surface area contributed by atoms with Gasteiger partial charge in [-0.25, -0.2) is 4.68 Å². The molecule has 2 aromatic heterocycles. The van der Waals surface area contributed by atoms with Crippen LogP contribution in [0.2, 0.25) is 0 Å². The number of likely N-dealkylation sites (tertiary alicyclic amines) is 1. The lowest BCUT2D eigenvalue weighted by Gasteiger charge is -2.22. The normalized spacial score (nSPS) is 17.1. The maximum atomic E-state index is 12.5. The molecule has 1 saturated heterocycles. The molecule has 4 rings (SSSR count). The van der Waals surface area contributed by atoms with Crippen LogP contribution in [0.3, 0.4) is 0 Å². The maximum absolute atomic E-state index is 12.5. The summed E-state index contributed by atoms with van der Waals surface area (Å²) >= 11 is 0. The number of nitrogens with two attached hydrogens (primary N) is 1. The van der Waals surface area contributed by atoms with Crippen molar-refractivity contribution in [3.05, 3.63) is 65.0 Å². The number of pyridine rings is 1. The molecule has 1 aliphatic heterocycles. The van der Waals surface area contributed by atoms with Crippen molar-refractivity contribution >= 4 is 28.5 Å². The minimum atomic E-state index is -0.632. The Kier molecular flexibility index (Phi) is 7.08. The van der Waals surface area contributed by atoms with E-state index in [0.29, 0.717) is 25.4 Å². The average molecular weight is 487 g/mol. The third-order valence-corrected chi connectivity index (χ3v) is 6.43. The van der Waals surface area contributed by atoms with Gasteiger partial charge in [0.2, 0.25) is 5.91 Å². The SMILES string of the molecule is C=CC(=O)N1C[C@@H](n2nc(C#Cc3cc4ncc(C)cc4cc3C)c(C(N)=O)c2NC)C[C@@H]1COC. The lowest BCUT2D eigenvalue weighted by molar-refractivity contribution is -0.127. The topological polar surface area (TPSA) is 115 Å². The van der Waals surface area contributed by atoms with Crippen LogP contribution in [0.15, 0.2) is 37.1 Å². The van der Waals surface area contributed by atoms with E-state index in [-0.39, 0.29) is 29.2 Å². The Morgan fingerprint density at radius 2 is 2.08 bits per heavy atom. The highest BCUT2D eigenvalue weighted by Crippen LogP contribution is 2.32. The van der Waals surface area contributed by atoms with Crippen molar-refractivity contribution < 1.29 is 14.3 Å². The minimum absolute atomic E-state index is 0.137. The number of fused-ring (bicyclic) bond motifs is 1. The predicted molar refractivity (Wildman–Crippen MR) is 139 cm³/mol.